The summed E-state index contributed by atoms with van der Waals surface area (Å²) in [4.78, 5) is 12.4. The summed E-state index contributed by atoms with van der Waals surface area (Å²) in [5.41, 5.74) is 0. The van der Waals surface area contributed by atoms with Gasteiger partial charge in [0.05, 0.1) is 13.2 Å². The first-order chi connectivity index (χ1) is 11.9. The summed E-state index contributed by atoms with van der Waals surface area (Å²) < 4.78 is 37.0. The fraction of sp³-hybridized carbons (Fsp3) is 0.706. The van der Waals surface area contributed by atoms with Gasteiger partial charge >= 0.3 is 0 Å². The highest BCUT2D eigenvalue weighted by atomic mass is 32.2. The minimum absolute atomic E-state index is 0.0391. The van der Waals surface area contributed by atoms with E-state index in [9.17, 15) is 13.2 Å². The molecule has 0 radical (unpaired) electrons. The maximum atomic E-state index is 12.6. The van der Waals surface area contributed by atoms with Gasteiger partial charge in [-0.3, -0.25) is 4.79 Å². The molecule has 1 aliphatic heterocycles. The molecule has 2 heterocycles. The highest BCUT2D eigenvalue weighted by Gasteiger charge is 2.32. The molecule has 0 unspecified atom stereocenters. The van der Waals surface area contributed by atoms with E-state index in [2.05, 4.69) is 19.2 Å². The normalized spacial score (nSPS) is 28.6. The van der Waals surface area contributed by atoms with E-state index in [1.807, 2.05) is 0 Å². The van der Waals surface area contributed by atoms with E-state index in [-0.39, 0.29) is 22.8 Å². The average molecular weight is 370 g/mol. The Hall–Kier alpha value is -1.38. The van der Waals surface area contributed by atoms with Crippen LogP contribution in [-0.4, -0.2) is 51.0 Å². The molecule has 1 aromatic rings. The Morgan fingerprint density at radius 1 is 1.20 bits per heavy atom. The summed E-state index contributed by atoms with van der Waals surface area (Å²) in [7, 11) is -3.72. The first kappa shape index (κ1) is 18.4. The molecular formula is C17H26N2O5S. The van der Waals surface area contributed by atoms with Crippen LogP contribution in [0, 0.1) is 11.8 Å². The van der Waals surface area contributed by atoms with Crippen LogP contribution in [0.25, 0.3) is 0 Å². The molecule has 1 saturated carbocycles. The molecule has 0 bridgehead atoms. The van der Waals surface area contributed by atoms with E-state index in [1.54, 1.807) is 0 Å². The van der Waals surface area contributed by atoms with Crippen molar-refractivity contribution in [2.24, 2.45) is 11.8 Å². The molecule has 2 fully saturated rings. The van der Waals surface area contributed by atoms with Crippen molar-refractivity contribution in [3.63, 3.8) is 0 Å². The number of rotatable bonds is 4. The van der Waals surface area contributed by atoms with Gasteiger partial charge in [0.2, 0.25) is 5.09 Å². The third kappa shape index (κ3) is 3.91. The third-order valence-electron chi connectivity index (χ3n) is 5.39. The van der Waals surface area contributed by atoms with Gasteiger partial charge in [-0.1, -0.05) is 26.7 Å². The average Bonchev–Trinajstić information content (AvgIpc) is 3.11. The zero-order valence-electron chi connectivity index (χ0n) is 14.7. The molecule has 3 rings (SSSR count). The van der Waals surface area contributed by atoms with Gasteiger partial charge in [-0.05, 0) is 30.4 Å². The molecule has 0 spiro atoms. The standard InChI is InChI=1S/C17H26N2O5S/c1-12-4-3-5-14(13(12)2)18-17(20)15-6-7-16(24-15)25(21,22)19-8-10-23-11-9-19/h6-7,12-14H,3-5,8-11H2,1-2H3,(H,18,20)/t12-,13-,14-/m1/s1. The van der Waals surface area contributed by atoms with Crippen LogP contribution in [0.15, 0.2) is 21.6 Å². The summed E-state index contributed by atoms with van der Waals surface area (Å²) in [5, 5.41) is 2.81. The highest BCUT2D eigenvalue weighted by Crippen LogP contribution is 2.30. The van der Waals surface area contributed by atoms with Crippen molar-refractivity contribution >= 4 is 15.9 Å². The summed E-state index contributed by atoms with van der Waals surface area (Å²) in [6, 6.07) is 2.88. The third-order valence-corrected chi connectivity index (χ3v) is 7.17. The molecule has 1 saturated heterocycles. The first-order valence-corrected chi connectivity index (χ1v) is 10.3. The molecule has 2 aliphatic rings. The highest BCUT2D eigenvalue weighted by molar-refractivity contribution is 7.89. The van der Waals surface area contributed by atoms with E-state index in [1.165, 1.54) is 22.9 Å². The molecule has 8 heteroatoms. The van der Waals surface area contributed by atoms with Gasteiger partial charge in [-0.25, -0.2) is 8.42 Å². The van der Waals surface area contributed by atoms with E-state index < -0.39 is 10.0 Å². The maximum absolute atomic E-state index is 12.6. The van der Waals surface area contributed by atoms with Crippen LogP contribution in [-0.2, 0) is 14.8 Å². The van der Waals surface area contributed by atoms with Gasteiger partial charge in [0, 0.05) is 19.1 Å². The maximum Gasteiger partial charge on any atom is 0.287 e. The molecular weight excluding hydrogens is 344 g/mol. The number of ether oxygens (including phenoxy) is 1. The Bertz CT molecular complexity index is 708. The van der Waals surface area contributed by atoms with Crippen LogP contribution in [0.1, 0.15) is 43.7 Å². The largest absolute Gasteiger partial charge is 0.438 e. The van der Waals surface area contributed by atoms with Gasteiger partial charge < -0.3 is 14.5 Å². The zero-order chi connectivity index (χ0) is 18.0. The topological polar surface area (TPSA) is 88.9 Å². The van der Waals surface area contributed by atoms with Crippen LogP contribution >= 0.6 is 0 Å². The monoisotopic (exact) mass is 370 g/mol. The number of hydrogen-bond acceptors (Lipinski definition) is 5. The van der Waals surface area contributed by atoms with Gasteiger partial charge in [0.1, 0.15) is 0 Å². The number of furan rings is 1. The minimum atomic E-state index is -3.72. The number of amides is 1. The SMILES string of the molecule is C[C@@H]1[C@H](C)CCC[C@H]1NC(=O)c1ccc(S(=O)(=O)N2CCOCC2)o1. The number of morpholine rings is 1. The molecule has 1 amide bonds. The second kappa shape index (κ2) is 7.47. The number of carbonyl (C=O) groups is 1. The van der Waals surface area contributed by atoms with Gasteiger partial charge in [0.15, 0.2) is 5.76 Å². The Kier molecular flexibility index (Phi) is 5.50. The molecule has 25 heavy (non-hydrogen) atoms. The molecule has 1 aliphatic carbocycles. The zero-order valence-corrected chi connectivity index (χ0v) is 15.5. The van der Waals surface area contributed by atoms with E-state index in [0.29, 0.717) is 38.1 Å². The van der Waals surface area contributed by atoms with Crippen molar-refractivity contribution in [1.29, 1.82) is 0 Å². The summed E-state index contributed by atoms with van der Waals surface area (Å²) in [5.74, 6) is 0.642. The van der Waals surface area contributed by atoms with Crippen molar-refractivity contribution in [3.05, 3.63) is 17.9 Å². The fourth-order valence-corrected chi connectivity index (χ4v) is 4.84. The Labute approximate surface area is 148 Å². The van der Waals surface area contributed by atoms with Crippen molar-refractivity contribution in [2.45, 2.75) is 44.2 Å². The lowest BCUT2D eigenvalue weighted by molar-refractivity contribution is 0.0722. The van der Waals surface area contributed by atoms with E-state index >= 15 is 0 Å². The Balaban J connectivity index is 1.69. The van der Waals surface area contributed by atoms with Crippen molar-refractivity contribution in [2.75, 3.05) is 26.3 Å². The molecule has 7 nitrogen and oxygen atoms in total. The molecule has 1 N–H and O–H groups in total. The lowest BCUT2D eigenvalue weighted by Gasteiger charge is -2.34. The summed E-state index contributed by atoms with van der Waals surface area (Å²) >= 11 is 0. The van der Waals surface area contributed by atoms with Gasteiger partial charge in [-0.2, -0.15) is 4.31 Å². The second-order valence-electron chi connectivity index (χ2n) is 6.98. The Morgan fingerprint density at radius 3 is 2.64 bits per heavy atom. The lowest BCUT2D eigenvalue weighted by Crippen LogP contribution is -2.43. The molecule has 140 valence electrons. The smallest absolute Gasteiger partial charge is 0.287 e. The van der Waals surface area contributed by atoms with Gasteiger partial charge in [0.25, 0.3) is 15.9 Å². The summed E-state index contributed by atoms with van der Waals surface area (Å²) in [6.45, 7) is 5.66. The molecule has 1 aromatic heterocycles. The fourth-order valence-electron chi connectivity index (χ4n) is 3.52. The Morgan fingerprint density at radius 2 is 1.92 bits per heavy atom. The predicted octanol–water partition coefficient (Wildman–Crippen LogP) is 1.85. The van der Waals surface area contributed by atoms with Crippen LogP contribution in [0.3, 0.4) is 0 Å². The molecule has 0 aromatic carbocycles. The summed E-state index contributed by atoms with van der Waals surface area (Å²) in [6.07, 6.45) is 3.21. The number of nitrogens with zero attached hydrogens (tertiary/aromatic N) is 1. The van der Waals surface area contributed by atoms with Crippen LogP contribution in [0.5, 0.6) is 0 Å². The molecule has 3 atom stereocenters. The lowest BCUT2D eigenvalue weighted by atomic mass is 9.78. The minimum Gasteiger partial charge on any atom is -0.438 e. The predicted molar refractivity (Wildman–Crippen MR) is 91.7 cm³/mol. The van der Waals surface area contributed by atoms with Crippen molar-refractivity contribution in [3.8, 4) is 0 Å². The number of sulfonamides is 1. The first-order valence-electron chi connectivity index (χ1n) is 8.88. The van der Waals surface area contributed by atoms with E-state index in [0.717, 1.165) is 12.8 Å². The number of carbonyl (C=O) groups excluding carboxylic acids is 1. The van der Waals surface area contributed by atoms with Gasteiger partial charge in [-0.15, -0.1) is 0 Å². The number of hydrogen-bond donors (Lipinski definition) is 1. The second-order valence-corrected chi connectivity index (χ2v) is 8.85. The van der Waals surface area contributed by atoms with Crippen molar-refractivity contribution < 1.29 is 22.4 Å². The van der Waals surface area contributed by atoms with E-state index in [4.69, 9.17) is 9.15 Å². The quantitative estimate of drug-likeness (QED) is 0.874. The number of nitrogens with one attached hydrogen (secondary N) is 1. The van der Waals surface area contributed by atoms with Crippen LogP contribution in [0.4, 0.5) is 0 Å². The van der Waals surface area contributed by atoms with Crippen molar-refractivity contribution in [1.82, 2.24) is 9.62 Å². The van der Waals surface area contributed by atoms with Crippen LogP contribution in [0.2, 0.25) is 0 Å². The van der Waals surface area contributed by atoms with Crippen LogP contribution < -0.4 is 5.32 Å².